The molecule has 1 atom stereocenters. The van der Waals surface area contributed by atoms with Gasteiger partial charge in [-0.05, 0) is 39.2 Å². The van der Waals surface area contributed by atoms with Crippen LogP contribution in [0.25, 0.3) is 32.7 Å². The van der Waals surface area contributed by atoms with Crippen molar-refractivity contribution in [2.45, 2.75) is 0 Å². The van der Waals surface area contributed by atoms with Gasteiger partial charge in [-0.25, -0.2) is 0 Å². The fourth-order valence-electron chi connectivity index (χ4n) is 4.73. The van der Waals surface area contributed by atoms with E-state index >= 15 is 0 Å². The highest BCUT2D eigenvalue weighted by atomic mass is 79.9. The number of benzene rings is 5. The first kappa shape index (κ1) is 17.2. The van der Waals surface area contributed by atoms with E-state index in [4.69, 9.17) is 0 Å². The molecule has 29 heavy (non-hydrogen) atoms. The third-order valence-electron chi connectivity index (χ3n) is 5.91. The average Bonchev–Trinajstić information content (AvgIpc) is 3.05. The van der Waals surface area contributed by atoms with E-state index < -0.39 is 7.14 Å². The molecule has 3 heteroatoms. The molecule has 0 N–H and O–H groups in total. The fraction of sp³-hybridized carbons (Fsp3) is 0. The highest BCUT2D eigenvalue weighted by Gasteiger charge is 2.42. The Morgan fingerprint density at radius 3 is 2.14 bits per heavy atom. The lowest BCUT2D eigenvalue weighted by Crippen LogP contribution is -2.21. The maximum atomic E-state index is 15.0. The topological polar surface area (TPSA) is 17.1 Å². The molecule has 1 nitrogen and oxygen atoms in total. The van der Waals surface area contributed by atoms with Gasteiger partial charge in [-0.3, -0.25) is 0 Å². The van der Waals surface area contributed by atoms with Crippen LogP contribution in [0.3, 0.4) is 0 Å². The van der Waals surface area contributed by atoms with Gasteiger partial charge in [0.25, 0.3) is 0 Å². The summed E-state index contributed by atoms with van der Waals surface area (Å²) < 4.78 is 16.0. The molecule has 0 saturated carbocycles. The summed E-state index contributed by atoms with van der Waals surface area (Å²) in [4.78, 5) is 0. The van der Waals surface area contributed by atoms with E-state index in [-0.39, 0.29) is 0 Å². The van der Waals surface area contributed by atoms with E-state index in [1.54, 1.807) is 0 Å². The zero-order valence-electron chi connectivity index (χ0n) is 15.5. The Hall–Kier alpha value is -2.67. The summed E-state index contributed by atoms with van der Waals surface area (Å²) in [6, 6.07) is 32.9. The summed E-state index contributed by atoms with van der Waals surface area (Å²) in [5.41, 5.74) is 2.21. The maximum Gasteiger partial charge on any atom is 0.172 e. The molecule has 0 spiro atoms. The van der Waals surface area contributed by atoms with Crippen LogP contribution in [0, 0.1) is 0 Å². The van der Waals surface area contributed by atoms with Crippen LogP contribution in [0.2, 0.25) is 0 Å². The molecular weight excluding hydrogens is 439 g/mol. The Bertz CT molecular complexity index is 1490. The SMILES string of the molecule is O=P1(c2ccccc2)c2ccccc2-c2c1c1ccccc1c1cc(Br)ccc21. The van der Waals surface area contributed by atoms with Crippen LogP contribution < -0.4 is 15.9 Å². The van der Waals surface area contributed by atoms with E-state index in [0.29, 0.717) is 0 Å². The quantitative estimate of drug-likeness (QED) is 0.208. The van der Waals surface area contributed by atoms with E-state index in [1.807, 2.05) is 54.6 Å². The molecule has 6 rings (SSSR count). The van der Waals surface area contributed by atoms with Gasteiger partial charge in [0.15, 0.2) is 7.14 Å². The second-order valence-electron chi connectivity index (χ2n) is 7.42. The van der Waals surface area contributed by atoms with Crippen molar-refractivity contribution in [2.75, 3.05) is 0 Å². The Morgan fingerprint density at radius 1 is 0.621 bits per heavy atom. The zero-order chi connectivity index (χ0) is 19.6. The summed E-state index contributed by atoms with van der Waals surface area (Å²) in [5.74, 6) is 0. The number of hydrogen-bond acceptors (Lipinski definition) is 1. The van der Waals surface area contributed by atoms with E-state index in [1.165, 1.54) is 5.39 Å². The van der Waals surface area contributed by atoms with E-state index in [9.17, 15) is 4.57 Å². The largest absolute Gasteiger partial charge is 0.309 e. The zero-order valence-corrected chi connectivity index (χ0v) is 18.0. The van der Waals surface area contributed by atoms with Gasteiger partial charge in [0.2, 0.25) is 0 Å². The first-order chi connectivity index (χ1) is 14.2. The van der Waals surface area contributed by atoms with Crippen molar-refractivity contribution in [1.82, 2.24) is 0 Å². The molecule has 0 fully saturated rings. The Kier molecular flexibility index (Phi) is 3.66. The highest BCUT2D eigenvalue weighted by molar-refractivity contribution is 9.10. The maximum absolute atomic E-state index is 15.0. The van der Waals surface area contributed by atoms with Crippen molar-refractivity contribution in [3.05, 3.63) is 102 Å². The van der Waals surface area contributed by atoms with Crippen molar-refractivity contribution in [1.29, 1.82) is 0 Å². The van der Waals surface area contributed by atoms with Gasteiger partial charge in [0.05, 0.1) is 0 Å². The van der Waals surface area contributed by atoms with Crippen LogP contribution in [0.1, 0.15) is 0 Å². The number of halogens is 1. The van der Waals surface area contributed by atoms with Crippen LogP contribution in [0.4, 0.5) is 0 Å². The molecule has 0 amide bonds. The van der Waals surface area contributed by atoms with Crippen LogP contribution >= 0.6 is 23.1 Å². The number of hydrogen-bond donors (Lipinski definition) is 0. The summed E-state index contributed by atoms with van der Waals surface area (Å²) in [5, 5.41) is 7.39. The molecule has 138 valence electrons. The molecule has 0 saturated heterocycles. The van der Waals surface area contributed by atoms with Crippen LogP contribution in [0.15, 0.2) is 102 Å². The smallest absolute Gasteiger partial charge is 0.172 e. The molecule has 1 aliphatic rings. The lowest BCUT2D eigenvalue weighted by molar-refractivity contribution is 0.593. The van der Waals surface area contributed by atoms with Crippen LogP contribution in [-0.2, 0) is 4.57 Å². The molecule has 1 unspecified atom stereocenters. The normalized spacial score (nSPS) is 17.4. The molecule has 0 bridgehead atoms. The van der Waals surface area contributed by atoms with E-state index in [2.05, 4.69) is 58.4 Å². The molecule has 1 aliphatic heterocycles. The summed E-state index contributed by atoms with van der Waals surface area (Å²) >= 11 is 3.63. The van der Waals surface area contributed by atoms with Crippen LogP contribution in [-0.4, -0.2) is 0 Å². The molecule has 5 aromatic rings. The van der Waals surface area contributed by atoms with Gasteiger partial charge in [0.1, 0.15) is 0 Å². The summed E-state index contributed by atoms with van der Waals surface area (Å²) in [6.07, 6.45) is 0. The predicted octanol–water partition coefficient (Wildman–Crippen LogP) is 6.38. The van der Waals surface area contributed by atoms with Crippen molar-refractivity contribution in [3.8, 4) is 11.1 Å². The predicted molar refractivity (Wildman–Crippen MR) is 128 cm³/mol. The van der Waals surface area contributed by atoms with Gasteiger partial charge in [0, 0.05) is 25.9 Å². The van der Waals surface area contributed by atoms with Crippen molar-refractivity contribution in [3.63, 3.8) is 0 Å². The Labute approximate surface area is 177 Å². The lowest BCUT2D eigenvalue weighted by Gasteiger charge is -2.19. The van der Waals surface area contributed by atoms with Gasteiger partial charge in [-0.1, -0.05) is 101 Å². The first-order valence-corrected chi connectivity index (χ1v) is 12.1. The average molecular weight is 455 g/mol. The Morgan fingerprint density at radius 2 is 1.31 bits per heavy atom. The molecule has 0 aromatic heterocycles. The fourth-order valence-corrected chi connectivity index (χ4v) is 8.37. The summed E-state index contributed by atoms with van der Waals surface area (Å²) in [7, 11) is -2.98. The molecular formula is C26H16BrOP. The van der Waals surface area contributed by atoms with Crippen molar-refractivity contribution < 1.29 is 4.57 Å². The third kappa shape index (κ3) is 2.25. The third-order valence-corrected chi connectivity index (χ3v) is 9.59. The minimum Gasteiger partial charge on any atom is -0.309 e. The number of fused-ring (bicyclic) bond motifs is 8. The lowest BCUT2D eigenvalue weighted by atomic mass is 9.93. The second kappa shape index (κ2) is 6.16. The van der Waals surface area contributed by atoms with Crippen LogP contribution in [0.5, 0.6) is 0 Å². The standard InChI is InChI=1S/C26H16BrOP/c27-17-14-15-20-23(16-17)19-10-4-5-11-21(19)26-25(20)22-12-6-7-13-24(22)29(26,28)18-8-2-1-3-9-18/h1-16H. The van der Waals surface area contributed by atoms with Gasteiger partial charge in [-0.15, -0.1) is 0 Å². The van der Waals surface area contributed by atoms with E-state index in [0.717, 1.165) is 47.7 Å². The second-order valence-corrected chi connectivity index (χ2v) is 11.0. The van der Waals surface area contributed by atoms with Gasteiger partial charge < -0.3 is 4.57 Å². The molecule has 1 heterocycles. The molecule has 0 radical (unpaired) electrons. The summed E-state index contributed by atoms with van der Waals surface area (Å²) in [6.45, 7) is 0. The minimum absolute atomic E-state index is 0.896. The van der Waals surface area contributed by atoms with Crippen molar-refractivity contribution in [2.24, 2.45) is 0 Å². The number of rotatable bonds is 1. The molecule has 5 aromatic carbocycles. The Balaban J connectivity index is 1.92. The van der Waals surface area contributed by atoms with Gasteiger partial charge in [-0.2, -0.15) is 0 Å². The van der Waals surface area contributed by atoms with Crippen molar-refractivity contribution >= 4 is 60.5 Å². The first-order valence-electron chi connectivity index (χ1n) is 9.60. The minimum atomic E-state index is -2.98. The monoisotopic (exact) mass is 454 g/mol. The highest BCUT2D eigenvalue weighted by Crippen LogP contribution is 2.55. The molecule has 0 aliphatic carbocycles. The van der Waals surface area contributed by atoms with Gasteiger partial charge >= 0.3 is 0 Å².